The van der Waals surface area contributed by atoms with Crippen LogP contribution < -0.4 is 34.7 Å². The van der Waals surface area contributed by atoms with Gasteiger partial charge in [0.25, 0.3) is 0 Å². The van der Waals surface area contributed by atoms with Gasteiger partial charge in [-0.05, 0) is 6.92 Å². The minimum atomic E-state index is -5.19. The molecule has 7 heteroatoms. The Bertz CT molecular complexity index is 153. The van der Waals surface area contributed by atoms with Crippen molar-refractivity contribution >= 4 is 5.97 Å². The third-order valence-electron chi connectivity index (χ3n) is 0.949. The molecule has 0 spiro atoms. The largest absolute Gasteiger partial charge is 1.00 e. The fourth-order valence-corrected chi connectivity index (χ4v) is 0.116. The van der Waals surface area contributed by atoms with E-state index in [1.54, 1.807) is 0 Å². The molecule has 0 aromatic heterocycles. The Morgan fingerprint density at radius 1 is 1.45 bits per heavy atom. The molecule has 3 nitrogen and oxygen atoms in total. The predicted molar refractivity (Wildman–Crippen MR) is 21.7 cm³/mol. The molecule has 0 bridgehead atoms. The summed E-state index contributed by atoms with van der Waals surface area (Å²) in [5, 5.41) is 17.7. The molecule has 0 aliphatic rings. The molecule has 0 aliphatic carbocycles. The summed E-state index contributed by atoms with van der Waals surface area (Å²) in [4.78, 5) is 9.59. The van der Waals surface area contributed by atoms with Gasteiger partial charge in [0.05, 0.1) is 5.97 Å². The summed E-state index contributed by atoms with van der Waals surface area (Å²) < 4.78 is 34.2. The third kappa shape index (κ3) is 2.98. The van der Waals surface area contributed by atoms with Crippen LogP contribution in [0.15, 0.2) is 0 Å². The van der Waals surface area contributed by atoms with Crippen LogP contribution in [0, 0.1) is 0 Å². The third-order valence-corrected chi connectivity index (χ3v) is 0.949. The molecule has 60 valence electrons. The van der Waals surface area contributed by atoms with Crippen molar-refractivity contribution in [2.75, 3.05) is 0 Å². The summed E-state index contributed by atoms with van der Waals surface area (Å²) in [5.74, 6) is -2.56. The van der Waals surface area contributed by atoms with Gasteiger partial charge in [0, 0.05) is 0 Å². The molecule has 0 amide bonds. The normalized spacial score (nSPS) is 16.5. The van der Waals surface area contributed by atoms with Crippen molar-refractivity contribution < 1.29 is 57.7 Å². The summed E-state index contributed by atoms with van der Waals surface area (Å²) in [5.41, 5.74) is -3.76. The van der Waals surface area contributed by atoms with Crippen LogP contribution in [0.25, 0.3) is 0 Å². The summed E-state index contributed by atoms with van der Waals surface area (Å²) in [6.07, 6.45) is -5.19. The number of aliphatic hydroxyl groups is 1. The number of alkyl halides is 3. The maximum atomic E-state index is 11.4. The molecule has 0 heterocycles. The van der Waals surface area contributed by atoms with Crippen LogP contribution in [0.4, 0.5) is 13.2 Å². The van der Waals surface area contributed by atoms with Crippen molar-refractivity contribution in [1.82, 2.24) is 0 Å². The first-order valence-electron chi connectivity index (χ1n) is 2.20. The minimum absolute atomic E-state index is 0. The molecule has 11 heavy (non-hydrogen) atoms. The number of carbonyl (C=O) groups excluding carboxylic acids is 1. The van der Waals surface area contributed by atoms with Crippen LogP contribution in [0.5, 0.6) is 0 Å². The minimum Gasteiger partial charge on any atom is -0.547 e. The second-order valence-corrected chi connectivity index (χ2v) is 1.86. The van der Waals surface area contributed by atoms with E-state index in [2.05, 4.69) is 0 Å². The number of aliphatic carboxylic acids is 1. The standard InChI is InChI=1S/C4H5F3O3.Na/c1-3(10,2(8)9)4(5,6)7;/h10H,1H3,(H,8,9);/q;+1/p-1. The van der Waals surface area contributed by atoms with Crippen LogP contribution in [0.1, 0.15) is 6.92 Å². The smallest absolute Gasteiger partial charge is 0.547 e. The molecule has 0 aliphatic heterocycles. The number of hydrogen-bond acceptors (Lipinski definition) is 3. The van der Waals surface area contributed by atoms with E-state index in [-0.39, 0.29) is 36.5 Å². The van der Waals surface area contributed by atoms with Gasteiger partial charge in [-0.25, -0.2) is 0 Å². The van der Waals surface area contributed by atoms with Crippen LogP contribution in [0.2, 0.25) is 0 Å². The van der Waals surface area contributed by atoms with Gasteiger partial charge in [0.2, 0.25) is 0 Å². The van der Waals surface area contributed by atoms with Crippen LogP contribution in [-0.4, -0.2) is 22.9 Å². The second-order valence-electron chi connectivity index (χ2n) is 1.86. The average Bonchev–Trinajstić information content (AvgIpc) is 1.62. The Labute approximate surface area is 82.5 Å². The Hall–Kier alpha value is 0.220. The SMILES string of the molecule is CC(O)(C(=O)[O-])C(F)(F)F.[Na+]. The maximum absolute atomic E-state index is 11.4. The maximum Gasteiger partial charge on any atom is 1.00 e. The van der Waals surface area contributed by atoms with E-state index in [1.807, 2.05) is 0 Å². The van der Waals surface area contributed by atoms with E-state index < -0.39 is 17.7 Å². The Morgan fingerprint density at radius 2 is 1.73 bits per heavy atom. The van der Waals surface area contributed by atoms with Crippen LogP contribution >= 0.6 is 0 Å². The molecular weight excluding hydrogens is 176 g/mol. The molecule has 1 atom stereocenters. The van der Waals surface area contributed by atoms with Gasteiger partial charge in [0.15, 0.2) is 5.60 Å². The van der Waals surface area contributed by atoms with Crippen molar-refractivity contribution in [2.24, 2.45) is 0 Å². The number of hydrogen-bond donors (Lipinski definition) is 1. The zero-order chi connectivity index (χ0) is 8.58. The first-order valence-corrected chi connectivity index (χ1v) is 2.20. The van der Waals surface area contributed by atoms with Crippen molar-refractivity contribution in [3.63, 3.8) is 0 Å². The number of carbonyl (C=O) groups is 1. The summed E-state index contributed by atoms with van der Waals surface area (Å²) in [6.45, 7) is 0.113. The fraction of sp³-hybridized carbons (Fsp3) is 0.750. The van der Waals surface area contributed by atoms with E-state index in [1.165, 1.54) is 0 Å². The fourth-order valence-electron chi connectivity index (χ4n) is 0.116. The number of halogens is 3. The van der Waals surface area contributed by atoms with E-state index in [0.29, 0.717) is 0 Å². The van der Waals surface area contributed by atoms with Gasteiger partial charge in [-0.1, -0.05) is 0 Å². The first-order chi connectivity index (χ1) is 4.19. The number of carboxylic acid groups (broad SMARTS) is 1. The van der Waals surface area contributed by atoms with E-state index in [4.69, 9.17) is 5.11 Å². The van der Waals surface area contributed by atoms with Gasteiger partial charge in [0.1, 0.15) is 0 Å². The molecule has 0 aromatic rings. The number of rotatable bonds is 1. The molecule has 0 saturated heterocycles. The van der Waals surface area contributed by atoms with Gasteiger partial charge in [-0.3, -0.25) is 0 Å². The van der Waals surface area contributed by atoms with E-state index in [9.17, 15) is 23.1 Å². The van der Waals surface area contributed by atoms with Gasteiger partial charge >= 0.3 is 35.7 Å². The van der Waals surface area contributed by atoms with Crippen molar-refractivity contribution in [2.45, 2.75) is 18.7 Å². The molecular formula is C4H4F3NaO3. The quantitative estimate of drug-likeness (QED) is 0.419. The molecule has 0 saturated carbocycles. The summed E-state index contributed by atoms with van der Waals surface area (Å²) in [7, 11) is 0. The van der Waals surface area contributed by atoms with E-state index >= 15 is 0 Å². The summed E-state index contributed by atoms with van der Waals surface area (Å²) >= 11 is 0. The first kappa shape index (κ1) is 13.8. The predicted octanol–water partition coefficient (Wildman–Crippen LogP) is -3.95. The summed E-state index contributed by atoms with van der Waals surface area (Å²) in [6, 6.07) is 0. The van der Waals surface area contributed by atoms with Crippen LogP contribution in [0.3, 0.4) is 0 Å². The zero-order valence-electron chi connectivity index (χ0n) is 5.90. The van der Waals surface area contributed by atoms with Crippen molar-refractivity contribution in [1.29, 1.82) is 0 Å². The van der Waals surface area contributed by atoms with Crippen molar-refractivity contribution in [3.05, 3.63) is 0 Å². The second kappa shape index (κ2) is 3.75. The van der Waals surface area contributed by atoms with Crippen LogP contribution in [-0.2, 0) is 4.79 Å². The molecule has 0 fully saturated rings. The molecule has 0 rings (SSSR count). The molecule has 1 unspecified atom stereocenters. The Kier molecular flexibility index (Phi) is 4.70. The Morgan fingerprint density at radius 3 is 1.73 bits per heavy atom. The topological polar surface area (TPSA) is 60.4 Å². The molecule has 0 radical (unpaired) electrons. The van der Waals surface area contributed by atoms with Gasteiger partial charge in [-0.2, -0.15) is 13.2 Å². The number of carboxylic acids is 1. The van der Waals surface area contributed by atoms with Gasteiger partial charge in [-0.15, -0.1) is 0 Å². The monoisotopic (exact) mass is 180 g/mol. The van der Waals surface area contributed by atoms with Gasteiger partial charge < -0.3 is 15.0 Å². The average molecular weight is 180 g/mol. The molecule has 1 N–H and O–H groups in total. The zero-order valence-corrected chi connectivity index (χ0v) is 7.90. The Balaban J connectivity index is 0. The molecule has 0 aromatic carbocycles. The van der Waals surface area contributed by atoms with E-state index in [0.717, 1.165) is 0 Å². The van der Waals surface area contributed by atoms with Crippen molar-refractivity contribution in [3.8, 4) is 0 Å².